The number of aliphatic hydroxyl groups is 1. The first kappa shape index (κ1) is 11.6. The van der Waals surface area contributed by atoms with Gasteiger partial charge in [0, 0.05) is 6.54 Å². The van der Waals surface area contributed by atoms with Crippen LogP contribution in [0, 0.1) is 5.92 Å². The smallest absolute Gasteiger partial charge is 0.0956 e. The van der Waals surface area contributed by atoms with Crippen LogP contribution in [0.25, 0.3) is 0 Å². The van der Waals surface area contributed by atoms with Crippen molar-refractivity contribution < 1.29 is 5.11 Å². The van der Waals surface area contributed by atoms with Gasteiger partial charge in [-0.1, -0.05) is 19.8 Å². The van der Waals surface area contributed by atoms with E-state index in [2.05, 4.69) is 25.0 Å². The molecular weight excluding hydrogens is 200 g/mol. The third-order valence-corrected chi connectivity index (χ3v) is 3.41. The fourth-order valence-corrected chi connectivity index (χ4v) is 2.13. The maximum atomic E-state index is 10.2. The molecule has 1 N–H and O–H groups in total. The Balaban J connectivity index is 2.01. The van der Waals surface area contributed by atoms with Crippen molar-refractivity contribution in [1.82, 2.24) is 9.78 Å². The summed E-state index contributed by atoms with van der Waals surface area (Å²) in [7, 11) is 0. The molecule has 1 atom stereocenters. The number of rotatable bonds is 6. The summed E-state index contributed by atoms with van der Waals surface area (Å²) in [6, 6.07) is 2.06. The lowest BCUT2D eigenvalue weighted by Gasteiger charge is -2.11. The van der Waals surface area contributed by atoms with Crippen molar-refractivity contribution in [3.63, 3.8) is 0 Å². The van der Waals surface area contributed by atoms with Gasteiger partial charge in [-0.25, -0.2) is 0 Å². The minimum Gasteiger partial charge on any atom is -0.387 e. The highest BCUT2D eigenvalue weighted by Gasteiger charge is 2.23. The van der Waals surface area contributed by atoms with Crippen molar-refractivity contribution in [2.75, 3.05) is 0 Å². The van der Waals surface area contributed by atoms with Crippen LogP contribution in [0.4, 0.5) is 0 Å². The van der Waals surface area contributed by atoms with Crippen molar-refractivity contribution in [1.29, 1.82) is 0 Å². The van der Waals surface area contributed by atoms with Gasteiger partial charge in [-0.15, -0.1) is 0 Å². The molecule has 3 nitrogen and oxygen atoms in total. The number of aromatic nitrogens is 2. The zero-order valence-electron chi connectivity index (χ0n) is 10.3. The second kappa shape index (κ2) is 5.00. The maximum Gasteiger partial charge on any atom is 0.0956 e. The molecule has 0 amide bonds. The van der Waals surface area contributed by atoms with Crippen molar-refractivity contribution in [3.05, 3.63) is 17.5 Å². The minimum atomic E-state index is -0.326. The summed E-state index contributed by atoms with van der Waals surface area (Å²) in [5, 5.41) is 14.6. The average Bonchev–Trinajstić information content (AvgIpc) is 3.03. The van der Waals surface area contributed by atoms with E-state index in [9.17, 15) is 5.11 Å². The van der Waals surface area contributed by atoms with Gasteiger partial charge < -0.3 is 5.11 Å². The fraction of sp³-hybridized carbons (Fsp3) is 0.769. The highest BCUT2D eigenvalue weighted by atomic mass is 16.3. The summed E-state index contributed by atoms with van der Waals surface area (Å²) < 4.78 is 1.94. The first-order chi connectivity index (χ1) is 7.74. The summed E-state index contributed by atoms with van der Waals surface area (Å²) in [4.78, 5) is 0. The van der Waals surface area contributed by atoms with E-state index in [1.165, 1.54) is 12.8 Å². The monoisotopic (exact) mass is 222 g/mol. The number of aryl methyl sites for hydroxylation is 2. The Hall–Kier alpha value is -0.830. The summed E-state index contributed by atoms with van der Waals surface area (Å²) in [5.41, 5.74) is 2.09. The molecule has 16 heavy (non-hydrogen) atoms. The Bertz CT molecular complexity index is 342. The van der Waals surface area contributed by atoms with Crippen LogP contribution in [0.15, 0.2) is 6.07 Å². The summed E-state index contributed by atoms with van der Waals surface area (Å²) in [5.74, 6) is 0.887. The van der Waals surface area contributed by atoms with Gasteiger partial charge in [0.15, 0.2) is 0 Å². The van der Waals surface area contributed by atoms with Crippen LogP contribution in [0.5, 0.6) is 0 Å². The topological polar surface area (TPSA) is 38.0 Å². The van der Waals surface area contributed by atoms with Crippen molar-refractivity contribution in [3.8, 4) is 0 Å². The summed E-state index contributed by atoms with van der Waals surface area (Å²) in [6.45, 7) is 5.02. The molecule has 0 radical (unpaired) electrons. The molecule has 1 saturated carbocycles. The molecule has 0 aromatic carbocycles. The fourth-order valence-electron chi connectivity index (χ4n) is 2.13. The Morgan fingerprint density at radius 3 is 2.81 bits per heavy atom. The molecular formula is C13H22N2O. The van der Waals surface area contributed by atoms with Crippen LogP contribution in [-0.4, -0.2) is 14.9 Å². The van der Waals surface area contributed by atoms with Crippen LogP contribution < -0.4 is 0 Å². The molecule has 1 unspecified atom stereocenters. The molecule has 1 aromatic heterocycles. The third-order valence-electron chi connectivity index (χ3n) is 3.41. The van der Waals surface area contributed by atoms with Gasteiger partial charge in [0.05, 0.1) is 17.5 Å². The van der Waals surface area contributed by atoms with Gasteiger partial charge in [-0.05, 0) is 38.2 Å². The first-order valence-electron chi connectivity index (χ1n) is 6.49. The maximum absolute atomic E-state index is 10.2. The van der Waals surface area contributed by atoms with E-state index in [1.54, 1.807) is 0 Å². The highest BCUT2D eigenvalue weighted by Crippen LogP contribution is 2.35. The number of nitrogens with zero attached hydrogens (tertiary/aromatic N) is 2. The van der Waals surface area contributed by atoms with Crippen LogP contribution in [-0.2, 0) is 13.0 Å². The lowest BCUT2D eigenvalue weighted by atomic mass is 10.1. The van der Waals surface area contributed by atoms with Crippen LogP contribution in [0.1, 0.15) is 57.0 Å². The minimum absolute atomic E-state index is 0.326. The van der Waals surface area contributed by atoms with E-state index in [0.29, 0.717) is 0 Å². The molecule has 1 aliphatic rings. The van der Waals surface area contributed by atoms with E-state index < -0.39 is 0 Å². The first-order valence-corrected chi connectivity index (χ1v) is 6.49. The van der Waals surface area contributed by atoms with Gasteiger partial charge in [0.2, 0.25) is 0 Å². The number of aliphatic hydroxyl groups excluding tert-OH is 1. The van der Waals surface area contributed by atoms with Crippen LogP contribution in [0.2, 0.25) is 0 Å². The summed E-state index contributed by atoms with van der Waals surface area (Å²) in [6.07, 6.45) is 5.39. The standard InChI is InChI=1S/C13H22N2O/c1-3-11-9-12(15(4-2)14-11)13(16)8-7-10-5-6-10/h9-10,13,16H,3-8H2,1-2H3. The van der Waals surface area contributed by atoms with E-state index in [-0.39, 0.29) is 6.10 Å². The third kappa shape index (κ3) is 2.64. The van der Waals surface area contributed by atoms with E-state index >= 15 is 0 Å². The highest BCUT2D eigenvalue weighted by molar-refractivity contribution is 5.13. The zero-order valence-corrected chi connectivity index (χ0v) is 10.3. The second-order valence-electron chi connectivity index (χ2n) is 4.77. The zero-order chi connectivity index (χ0) is 11.5. The Morgan fingerprint density at radius 1 is 1.50 bits per heavy atom. The molecule has 0 spiro atoms. The van der Waals surface area contributed by atoms with Crippen LogP contribution in [0.3, 0.4) is 0 Å². The molecule has 90 valence electrons. The van der Waals surface area contributed by atoms with E-state index in [4.69, 9.17) is 0 Å². The van der Waals surface area contributed by atoms with Gasteiger partial charge in [0.1, 0.15) is 0 Å². The van der Waals surface area contributed by atoms with Crippen LogP contribution >= 0.6 is 0 Å². The predicted molar refractivity (Wildman–Crippen MR) is 64.2 cm³/mol. The largest absolute Gasteiger partial charge is 0.387 e. The van der Waals surface area contributed by atoms with Crippen molar-refractivity contribution in [2.45, 2.75) is 58.6 Å². The van der Waals surface area contributed by atoms with Gasteiger partial charge in [0.25, 0.3) is 0 Å². The SMILES string of the molecule is CCc1cc(C(O)CCC2CC2)n(CC)n1. The summed E-state index contributed by atoms with van der Waals surface area (Å²) >= 11 is 0. The molecule has 3 heteroatoms. The number of hydrogen-bond acceptors (Lipinski definition) is 2. The van der Waals surface area contributed by atoms with E-state index in [1.807, 2.05) is 4.68 Å². The van der Waals surface area contributed by atoms with Crippen molar-refractivity contribution in [2.24, 2.45) is 5.92 Å². The quantitative estimate of drug-likeness (QED) is 0.803. The molecule has 2 rings (SSSR count). The second-order valence-corrected chi connectivity index (χ2v) is 4.77. The Labute approximate surface area is 97.5 Å². The molecule has 0 saturated heterocycles. The molecule has 0 bridgehead atoms. The number of hydrogen-bond donors (Lipinski definition) is 1. The predicted octanol–water partition coefficient (Wildman–Crippen LogP) is 2.69. The lowest BCUT2D eigenvalue weighted by Crippen LogP contribution is -2.08. The molecule has 0 aliphatic heterocycles. The normalized spacial score (nSPS) is 17.7. The van der Waals surface area contributed by atoms with Gasteiger partial charge >= 0.3 is 0 Å². The van der Waals surface area contributed by atoms with Gasteiger partial charge in [-0.3, -0.25) is 4.68 Å². The Kier molecular flexibility index (Phi) is 3.64. The molecule has 1 aliphatic carbocycles. The Morgan fingerprint density at radius 2 is 2.25 bits per heavy atom. The molecule has 1 aromatic rings. The molecule has 1 heterocycles. The average molecular weight is 222 g/mol. The van der Waals surface area contributed by atoms with Gasteiger partial charge in [-0.2, -0.15) is 5.10 Å². The molecule has 1 fully saturated rings. The lowest BCUT2D eigenvalue weighted by molar-refractivity contribution is 0.151. The van der Waals surface area contributed by atoms with Crippen molar-refractivity contribution >= 4 is 0 Å². The van der Waals surface area contributed by atoms with E-state index in [0.717, 1.165) is 43.1 Å².